The molecular formula is C13H9ClFN3S. The van der Waals surface area contributed by atoms with Crippen LogP contribution in [0.25, 0.3) is 10.2 Å². The minimum atomic E-state index is -0.303. The summed E-state index contributed by atoms with van der Waals surface area (Å²) in [5, 5.41) is 2.93. The van der Waals surface area contributed by atoms with E-state index in [1.54, 1.807) is 30.1 Å². The summed E-state index contributed by atoms with van der Waals surface area (Å²) in [5.74, 6) is 0.296. The second-order valence-electron chi connectivity index (χ2n) is 3.97. The third-order valence-electron chi connectivity index (χ3n) is 2.81. The number of nitrogens with zero attached hydrogens (tertiary/aromatic N) is 3. The number of hydrogen-bond acceptors (Lipinski definition) is 4. The number of halogens is 2. The zero-order valence-electron chi connectivity index (χ0n) is 9.97. The van der Waals surface area contributed by atoms with Gasteiger partial charge in [-0.2, -0.15) is 4.98 Å². The molecule has 19 heavy (non-hydrogen) atoms. The summed E-state index contributed by atoms with van der Waals surface area (Å²) in [6.45, 7) is 0. The van der Waals surface area contributed by atoms with Gasteiger partial charge in [0, 0.05) is 7.05 Å². The quantitative estimate of drug-likeness (QED) is 0.661. The van der Waals surface area contributed by atoms with Crippen molar-refractivity contribution in [2.45, 2.75) is 0 Å². The Morgan fingerprint density at radius 1 is 1.21 bits per heavy atom. The molecule has 96 valence electrons. The predicted molar refractivity (Wildman–Crippen MR) is 76.9 cm³/mol. The lowest BCUT2D eigenvalue weighted by Gasteiger charge is -2.19. The smallest absolute Gasteiger partial charge is 0.225 e. The van der Waals surface area contributed by atoms with Gasteiger partial charge >= 0.3 is 0 Å². The first kappa shape index (κ1) is 12.3. The van der Waals surface area contributed by atoms with Gasteiger partial charge in [-0.25, -0.2) is 9.37 Å². The molecule has 3 nitrogen and oxygen atoms in total. The maximum atomic E-state index is 13.8. The first-order chi connectivity index (χ1) is 9.16. The average molecular weight is 294 g/mol. The summed E-state index contributed by atoms with van der Waals surface area (Å²) in [7, 11) is 1.76. The Labute approximate surface area is 118 Å². The number of thiophene rings is 1. The molecule has 0 unspecified atom stereocenters. The highest BCUT2D eigenvalue weighted by Gasteiger charge is 2.15. The van der Waals surface area contributed by atoms with Crippen LogP contribution in [0.1, 0.15) is 0 Å². The maximum Gasteiger partial charge on any atom is 0.225 e. The Morgan fingerprint density at radius 2 is 2.00 bits per heavy atom. The lowest BCUT2D eigenvalue weighted by molar-refractivity contribution is 0.627. The minimum Gasteiger partial charge on any atom is -0.326 e. The van der Waals surface area contributed by atoms with Crippen LogP contribution in [0.4, 0.5) is 15.9 Å². The summed E-state index contributed by atoms with van der Waals surface area (Å²) < 4.78 is 13.8. The van der Waals surface area contributed by atoms with Gasteiger partial charge in [0.1, 0.15) is 16.5 Å². The molecule has 6 heteroatoms. The molecule has 0 saturated carbocycles. The van der Waals surface area contributed by atoms with E-state index in [4.69, 9.17) is 11.6 Å². The van der Waals surface area contributed by atoms with Crippen molar-refractivity contribution in [3.63, 3.8) is 0 Å². The second-order valence-corrected chi connectivity index (χ2v) is 5.20. The number of benzene rings is 1. The van der Waals surface area contributed by atoms with Gasteiger partial charge < -0.3 is 4.90 Å². The van der Waals surface area contributed by atoms with Crippen LogP contribution < -0.4 is 4.90 Å². The normalized spacial score (nSPS) is 10.9. The van der Waals surface area contributed by atoms with Crippen molar-refractivity contribution < 1.29 is 4.39 Å². The summed E-state index contributed by atoms with van der Waals surface area (Å²) >= 11 is 7.39. The highest BCUT2D eigenvalue weighted by atomic mass is 35.5. The van der Waals surface area contributed by atoms with Crippen molar-refractivity contribution in [3.8, 4) is 0 Å². The van der Waals surface area contributed by atoms with Crippen LogP contribution in [0.2, 0.25) is 5.28 Å². The number of para-hydroxylation sites is 1. The van der Waals surface area contributed by atoms with Crippen LogP contribution in [0, 0.1) is 5.82 Å². The van der Waals surface area contributed by atoms with E-state index in [2.05, 4.69) is 9.97 Å². The van der Waals surface area contributed by atoms with Crippen molar-refractivity contribution in [1.29, 1.82) is 0 Å². The fourth-order valence-electron chi connectivity index (χ4n) is 1.91. The molecule has 0 bridgehead atoms. The molecule has 3 aromatic rings. The Bertz CT molecular complexity index is 744. The van der Waals surface area contributed by atoms with Gasteiger partial charge in [0.05, 0.1) is 11.1 Å². The first-order valence-electron chi connectivity index (χ1n) is 5.56. The number of anilines is 2. The van der Waals surface area contributed by atoms with E-state index in [-0.39, 0.29) is 11.1 Å². The monoisotopic (exact) mass is 293 g/mol. The van der Waals surface area contributed by atoms with Gasteiger partial charge in [0.25, 0.3) is 0 Å². The van der Waals surface area contributed by atoms with Gasteiger partial charge in [-0.1, -0.05) is 12.1 Å². The van der Waals surface area contributed by atoms with Crippen LogP contribution in [0.5, 0.6) is 0 Å². The lowest BCUT2D eigenvalue weighted by atomic mass is 10.2. The van der Waals surface area contributed by atoms with E-state index >= 15 is 0 Å². The van der Waals surface area contributed by atoms with Crippen LogP contribution in [-0.4, -0.2) is 17.0 Å². The molecule has 0 aliphatic carbocycles. The number of hydrogen-bond donors (Lipinski definition) is 0. The lowest BCUT2D eigenvalue weighted by Crippen LogP contribution is -2.13. The SMILES string of the molecule is CN(c1ccccc1F)c1nc(Cl)nc2sccc12. The minimum absolute atomic E-state index is 0.160. The van der Waals surface area contributed by atoms with E-state index in [1.165, 1.54) is 17.4 Å². The van der Waals surface area contributed by atoms with E-state index in [0.717, 1.165) is 10.2 Å². The molecule has 0 N–H and O–H groups in total. The molecule has 0 amide bonds. The summed E-state index contributed by atoms with van der Waals surface area (Å²) in [4.78, 5) is 10.8. The Morgan fingerprint density at radius 3 is 2.79 bits per heavy atom. The Hall–Kier alpha value is -1.72. The summed E-state index contributed by atoms with van der Waals surface area (Å²) in [6.07, 6.45) is 0. The third-order valence-corrected chi connectivity index (χ3v) is 3.78. The zero-order valence-corrected chi connectivity index (χ0v) is 11.5. The van der Waals surface area contributed by atoms with E-state index in [0.29, 0.717) is 11.5 Å². The standard InChI is InChI=1S/C13H9ClFN3S/c1-18(10-5-3-2-4-9(10)15)11-8-6-7-19-12(8)17-13(14)16-11/h2-7H,1H3. The molecule has 0 radical (unpaired) electrons. The van der Waals surface area contributed by atoms with Gasteiger partial charge in [-0.15, -0.1) is 11.3 Å². The zero-order chi connectivity index (χ0) is 13.4. The largest absolute Gasteiger partial charge is 0.326 e. The van der Waals surface area contributed by atoms with Crippen molar-refractivity contribution in [1.82, 2.24) is 9.97 Å². The Balaban J connectivity index is 2.19. The fraction of sp³-hybridized carbons (Fsp3) is 0.0769. The molecule has 0 aliphatic rings. The molecule has 1 aromatic carbocycles. The number of rotatable bonds is 2. The average Bonchev–Trinajstić information content (AvgIpc) is 2.85. The van der Waals surface area contributed by atoms with Crippen molar-refractivity contribution in [2.24, 2.45) is 0 Å². The van der Waals surface area contributed by atoms with Gasteiger partial charge in [0.15, 0.2) is 0 Å². The molecule has 0 atom stereocenters. The summed E-state index contributed by atoms with van der Waals surface area (Å²) in [5.41, 5.74) is 0.449. The first-order valence-corrected chi connectivity index (χ1v) is 6.81. The fourth-order valence-corrected chi connectivity index (χ4v) is 2.88. The number of fused-ring (bicyclic) bond motifs is 1. The molecule has 0 saturated heterocycles. The van der Waals surface area contributed by atoms with Crippen LogP contribution >= 0.6 is 22.9 Å². The Kier molecular flexibility index (Phi) is 3.08. The topological polar surface area (TPSA) is 29.0 Å². The molecule has 0 fully saturated rings. The molecule has 3 rings (SSSR count). The molecule has 0 spiro atoms. The van der Waals surface area contributed by atoms with E-state index in [1.807, 2.05) is 11.4 Å². The molecule has 0 aliphatic heterocycles. The van der Waals surface area contributed by atoms with E-state index in [9.17, 15) is 4.39 Å². The van der Waals surface area contributed by atoms with Gasteiger partial charge in [-0.05, 0) is 35.2 Å². The highest BCUT2D eigenvalue weighted by Crippen LogP contribution is 2.33. The van der Waals surface area contributed by atoms with Crippen molar-refractivity contribution >= 4 is 44.7 Å². The van der Waals surface area contributed by atoms with Crippen LogP contribution in [0.15, 0.2) is 35.7 Å². The van der Waals surface area contributed by atoms with Crippen molar-refractivity contribution in [2.75, 3.05) is 11.9 Å². The molecule has 2 heterocycles. The second kappa shape index (κ2) is 4.75. The third kappa shape index (κ3) is 2.15. The number of aromatic nitrogens is 2. The highest BCUT2D eigenvalue weighted by molar-refractivity contribution is 7.16. The molecular weight excluding hydrogens is 285 g/mol. The van der Waals surface area contributed by atoms with Gasteiger partial charge in [0.2, 0.25) is 5.28 Å². The van der Waals surface area contributed by atoms with Gasteiger partial charge in [-0.3, -0.25) is 0 Å². The van der Waals surface area contributed by atoms with Crippen LogP contribution in [-0.2, 0) is 0 Å². The summed E-state index contributed by atoms with van der Waals surface area (Å²) in [6, 6.07) is 8.45. The van der Waals surface area contributed by atoms with Crippen molar-refractivity contribution in [3.05, 3.63) is 46.8 Å². The maximum absolute atomic E-state index is 13.8. The predicted octanol–water partition coefficient (Wildman–Crippen LogP) is 4.25. The van der Waals surface area contributed by atoms with Crippen LogP contribution in [0.3, 0.4) is 0 Å². The van der Waals surface area contributed by atoms with E-state index < -0.39 is 0 Å². The molecule has 2 aromatic heterocycles.